The van der Waals surface area contributed by atoms with E-state index >= 15 is 0 Å². The Bertz CT molecular complexity index is 958. The van der Waals surface area contributed by atoms with Crippen molar-refractivity contribution >= 4 is 15.9 Å². The summed E-state index contributed by atoms with van der Waals surface area (Å²) in [5.74, 6) is 0.197. The second-order valence-corrected chi connectivity index (χ2v) is 9.88. The molecule has 162 valence electrons. The molecule has 0 spiro atoms. The number of sulfonamides is 1. The van der Waals surface area contributed by atoms with Crippen molar-refractivity contribution in [3.63, 3.8) is 0 Å². The van der Waals surface area contributed by atoms with E-state index < -0.39 is 10.0 Å². The van der Waals surface area contributed by atoms with Crippen LogP contribution in [0.15, 0.2) is 53.4 Å². The number of hydrogen-bond acceptors (Lipinski definition) is 4. The van der Waals surface area contributed by atoms with Crippen LogP contribution in [0, 0.1) is 19.8 Å². The molecule has 1 aliphatic heterocycles. The summed E-state index contributed by atoms with van der Waals surface area (Å²) < 4.78 is 27.7. The van der Waals surface area contributed by atoms with E-state index in [4.69, 9.17) is 0 Å². The van der Waals surface area contributed by atoms with Gasteiger partial charge in [-0.25, -0.2) is 13.1 Å². The molecule has 1 fully saturated rings. The highest BCUT2D eigenvalue weighted by Crippen LogP contribution is 2.17. The summed E-state index contributed by atoms with van der Waals surface area (Å²) in [7, 11) is -3.51. The maximum absolute atomic E-state index is 12.5. The fourth-order valence-electron chi connectivity index (χ4n) is 3.75. The van der Waals surface area contributed by atoms with Gasteiger partial charge >= 0.3 is 0 Å². The summed E-state index contributed by atoms with van der Waals surface area (Å²) in [4.78, 5) is 14.8. The Kier molecular flexibility index (Phi) is 7.64. The van der Waals surface area contributed by atoms with Crippen molar-refractivity contribution in [2.45, 2.75) is 38.1 Å². The molecular weight excluding hydrogens is 398 g/mol. The van der Waals surface area contributed by atoms with Crippen molar-refractivity contribution in [1.82, 2.24) is 14.9 Å². The molecule has 1 heterocycles. The number of piperidine rings is 1. The lowest BCUT2D eigenvalue weighted by Gasteiger charge is -2.32. The van der Waals surface area contributed by atoms with Gasteiger partial charge in [0.25, 0.3) is 0 Å². The van der Waals surface area contributed by atoms with E-state index in [1.54, 1.807) is 24.3 Å². The lowest BCUT2D eigenvalue weighted by atomic mass is 9.98. The third-order valence-electron chi connectivity index (χ3n) is 5.60. The summed E-state index contributed by atoms with van der Waals surface area (Å²) >= 11 is 0. The summed E-state index contributed by atoms with van der Waals surface area (Å²) in [5, 5.41) is 2.99. The van der Waals surface area contributed by atoms with Gasteiger partial charge in [0.2, 0.25) is 15.9 Å². The predicted molar refractivity (Wildman–Crippen MR) is 119 cm³/mol. The van der Waals surface area contributed by atoms with Crippen LogP contribution < -0.4 is 10.0 Å². The van der Waals surface area contributed by atoms with Crippen LogP contribution in [0.2, 0.25) is 0 Å². The van der Waals surface area contributed by atoms with Crippen LogP contribution in [-0.4, -0.2) is 45.4 Å². The highest BCUT2D eigenvalue weighted by Gasteiger charge is 2.23. The van der Waals surface area contributed by atoms with Gasteiger partial charge in [-0.3, -0.25) is 9.69 Å². The molecule has 0 aliphatic carbocycles. The van der Waals surface area contributed by atoms with E-state index in [0.29, 0.717) is 26.2 Å². The van der Waals surface area contributed by atoms with E-state index in [9.17, 15) is 13.2 Å². The van der Waals surface area contributed by atoms with Gasteiger partial charge in [0, 0.05) is 19.6 Å². The number of likely N-dealkylation sites (tertiary alicyclic amines) is 1. The van der Waals surface area contributed by atoms with Crippen LogP contribution in [0.3, 0.4) is 0 Å². The number of carbonyl (C=O) groups excluding carboxylic acids is 1. The molecule has 0 bridgehead atoms. The molecule has 2 N–H and O–H groups in total. The van der Waals surface area contributed by atoms with Crippen molar-refractivity contribution in [2.24, 2.45) is 5.92 Å². The first-order valence-electron chi connectivity index (χ1n) is 10.4. The molecule has 2 aromatic rings. The largest absolute Gasteiger partial charge is 0.351 e. The van der Waals surface area contributed by atoms with Gasteiger partial charge in [-0.1, -0.05) is 42.0 Å². The van der Waals surface area contributed by atoms with Crippen LogP contribution >= 0.6 is 0 Å². The molecule has 1 atom stereocenters. The number of nitrogens with one attached hydrogen (secondary N) is 2. The maximum Gasteiger partial charge on any atom is 0.240 e. The topological polar surface area (TPSA) is 78.5 Å². The van der Waals surface area contributed by atoms with E-state index in [0.717, 1.165) is 36.1 Å². The molecule has 1 aliphatic rings. The van der Waals surface area contributed by atoms with Gasteiger partial charge in [-0.2, -0.15) is 0 Å². The number of amides is 1. The molecule has 3 rings (SSSR count). The maximum atomic E-state index is 12.5. The first-order chi connectivity index (χ1) is 14.3. The number of carbonyl (C=O) groups is 1. The van der Waals surface area contributed by atoms with Gasteiger partial charge < -0.3 is 5.32 Å². The zero-order chi connectivity index (χ0) is 21.6. The van der Waals surface area contributed by atoms with Crippen molar-refractivity contribution in [2.75, 3.05) is 26.2 Å². The number of benzene rings is 2. The lowest BCUT2D eigenvalue weighted by molar-refractivity contribution is -0.122. The van der Waals surface area contributed by atoms with Gasteiger partial charge in [0.15, 0.2) is 0 Å². The molecule has 2 aromatic carbocycles. The van der Waals surface area contributed by atoms with Crippen LogP contribution in [0.4, 0.5) is 0 Å². The van der Waals surface area contributed by atoms with Crippen molar-refractivity contribution in [3.8, 4) is 0 Å². The van der Waals surface area contributed by atoms with Crippen molar-refractivity contribution < 1.29 is 13.2 Å². The molecule has 0 saturated carbocycles. The zero-order valence-corrected chi connectivity index (χ0v) is 18.5. The monoisotopic (exact) mass is 429 g/mol. The predicted octanol–water partition coefficient (Wildman–Crippen LogP) is 2.61. The van der Waals surface area contributed by atoms with Crippen LogP contribution in [0.25, 0.3) is 0 Å². The quantitative estimate of drug-likeness (QED) is 0.676. The van der Waals surface area contributed by atoms with E-state index in [-0.39, 0.29) is 16.7 Å². The fourth-order valence-corrected chi connectivity index (χ4v) is 4.87. The van der Waals surface area contributed by atoms with E-state index in [1.165, 1.54) is 0 Å². The number of rotatable bonds is 8. The van der Waals surface area contributed by atoms with Gasteiger partial charge in [0.1, 0.15) is 0 Å². The highest BCUT2D eigenvalue weighted by molar-refractivity contribution is 7.89. The molecule has 6 nitrogen and oxygen atoms in total. The minimum atomic E-state index is -3.51. The summed E-state index contributed by atoms with van der Waals surface area (Å²) in [5.41, 5.74) is 3.31. The Morgan fingerprint density at radius 2 is 1.83 bits per heavy atom. The minimum absolute atomic E-state index is 0.000797. The molecule has 1 saturated heterocycles. The average molecular weight is 430 g/mol. The normalized spacial score (nSPS) is 17.6. The van der Waals surface area contributed by atoms with Crippen LogP contribution in [0.1, 0.15) is 29.5 Å². The van der Waals surface area contributed by atoms with Crippen molar-refractivity contribution in [3.05, 3.63) is 65.2 Å². The standard InChI is InChI=1S/C23H31N3O3S/c1-18-9-11-22(12-10-18)30(28,29)25-14-20-7-5-13-26(16-20)17-23(27)24-15-21-8-4-3-6-19(21)2/h3-4,6,8-12,20,25H,5,7,13-17H2,1-2H3,(H,24,27). The summed E-state index contributed by atoms with van der Waals surface area (Å²) in [6.45, 7) is 6.79. The molecule has 30 heavy (non-hydrogen) atoms. The number of hydrogen-bond donors (Lipinski definition) is 2. The fraction of sp³-hybridized carbons (Fsp3) is 0.435. The molecule has 1 amide bonds. The van der Waals surface area contributed by atoms with E-state index in [2.05, 4.69) is 14.9 Å². The SMILES string of the molecule is Cc1ccc(S(=O)(=O)NCC2CCCN(CC(=O)NCc3ccccc3C)C2)cc1. The Morgan fingerprint density at radius 1 is 1.10 bits per heavy atom. The van der Waals surface area contributed by atoms with Gasteiger partial charge in [-0.15, -0.1) is 0 Å². The first kappa shape index (κ1) is 22.5. The highest BCUT2D eigenvalue weighted by atomic mass is 32.2. The number of nitrogens with zero attached hydrogens (tertiary/aromatic N) is 1. The molecule has 1 unspecified atom stereocenters. The summed E-state index contributed by atoms with van der Waals surface area (Å²) in [6, 6.07) is 14.9. The Balaban J connectivity index is 1.46. The molecular formula is C23H31N3O3S. The first-order valence-corrected chi connectivity index (χ1v) is 11.9. The molecule has 7 heteroatoms. The lowest BCUT2D eigenvalue weighted by Crippen LogP contribution is -2.45. The average Bonchev–Trinajstić information content (AvgIpc) is 2.72. The third-order valence-corrected chi connectivity index (χ3v) is 7.04. The summed E-state index contributed by atoms with van der Waals surface area (Å²) in [6.07, 6.45) is 1.92. The van der Waals surface area contributed by atoms with Crippen LogP contribution in [-0.2, 0) is 21.4 Å². The third kappa shape index (κ3) is 6.39. The molecule has 0 radical (unpaired) electrons. The molecule has 0 aromatic heterocycles. The Morgan fingerprint density at radius 3 is 2.57 bits per heavy atom. The minimum Gasteiger partial charge on any atom is -0.351 e. The second-order valence-electron chi connectivity index (χ2n) is 8.11. The van der Waals surface area contributed by atoms with Crippen molar-refractivity contribution in [1.29, 1.82) is 0 Å². The Labute approximate surface area is 179 Å². The smallest absolute Gasteiger partial charge is 0.240 e. The Hall–Kier alpha value is -2.22. The number of aryl methyl sites for hydroxylation is 2. The van der Waals surface area contributed by atoms with E-state index in [1.807, 2.05) is 38.1 Å². The van der Waals surface area contributed by atoms with Gasteiger partial charge in [-0.05, 0) is 62.4 Å². The van der Waals surface area contributed by atoms with Crippen LogP contribution in [0.5, 0.6) is 0 Å². The second kappa shape index (κ2) is 10.2. The van der Waals surface area contributed by atoms with Gasteiger partial charge in [0.05, 0.1) is 11.4 Å². The zero-order valence-electron chi connectivity index (χ0n) is 17.7.